The molecule has 0 atom stereocenters. The SMILES string of the molecule is Cc1ccc(S(=O)(=O)N(C)Cc2cccc(N)c2)s1. The zero-order valence-electron chi connectivity index (χ0n) is 10.8. The maximum absolute atomic E-state index is 12.3. The number of aryl methyl sites for hydroxylation is 1. The smallest absolute Gasteiger partial charge is 0.252 e. The van der Waals surface area contributed by atoms with Gasteiger partial charge < -0.3 is 5.73 Å². The van der Waals surface area contributed by atoms with Crippen molar-refractivity contribution in [2.75, 3.05) is 12.8 Å². The van der Waals surface area contributed by atoms with Crippen LogP contribution in [0.3, 0.4) is 0 Å². The van der Waals surface area contributed by atoms with E-state index in [2.05, 4.69) is 0 Å². The van der Waals surface area contributed by atoms with Crippen LogP contribution in [0.4, 0.5) is 5.69 Å². The second-order valence-electron chi connectivity index (χ2n) is 4.37. The Hall–Kier alpha value is -1.37. The molecule has 1 aromatic carbocycles. The number of benzene rings is 1. The highest BCUT2D eigenvalue weighted by Crippen LogP contribution is 2.24. The van der Waals surface area contributed by atoms with Crippen LogP contribution in [0.25, 0.3) is 0 Å². The first-order chi connectivity index (χ1) is 8.89. The van der Waals surface area contributed by atoms with Crippen molar-refractivity contribution in [3.63, 3.8) is 0 Å². The number of rotatable bonds is 4. The van der Waals surface area contributed by atoms with Crippen LogP contribution >= 0.6 is 11.3 Å². The van der Waals surface area contributed by atoms with Gasteiger partial charge in [0.1, 0.15) is 4.21 Å². The van der Waals surface area contributed by atoms with Crippen molar-refractivity contribution in [2.45, 2.75) is 17.7 Å². The molecule has 0 saturated carbocycles. The number of hydrogen-bond donors (Lipinski definition) is 1. The van der Waals surface area contributed by atoms with Gasteiger partial charge in [-0.25, -0.2) is 8.42 Å². The van der Waals surface area contributed by atoms with Crippen LogP contribution in [0.15, 0.2) is 40.6 Å². The van der Waals surface area contributed by atoms with Gasteiger partial charge in [0, 0.05) is 24.2 Å². The van der Waals surface area contributed by atoms with Crippen molar-refractivity contribution in [1.29, 1.82) is 0 Å². The predicted molar refractivity (Wildman–Crippen MR) is 78.6 cm³/mol. The lowest BCUT2D eigenvalue weighted by molar-refractivity contribution is 0.468. The van der Waals surface area contributed by atoms with E-state index in [9.17, 15) is 8.42 Å². The van der Waals surface area contributed by atoms with Gasteiger partial charge >= 0.3 is 0 Å². The molecule has 1 heterocycles. The predicted octanol–water partition coefficient (Wildman–Crippen LogP) is 2.46. The summed E-state index contributed by atoms with van der Waals surface area (Å²) in [5, 5.41) is 0. The van der Waals surface area contributed by atoms with Gasteiger partial charge in [0.25, 0.3) is 10.0 Å². The van der Waals surface area contributed by atoms with Crippen LogP contribution < -0.4 is 5.73 Å². The maximum Gasteiger partial charge on any atom is 0.252 e. The van der Waals surface area contributed by atoms with Gasteiger partial charge in [0.15, 0.2) is 0 Å². The minimum atomic E-state index is -3.42. The average Bonchev–Trinajstić information content (AvgIpc) is 2.76. The Morgan fingerprint density at radius 2 is 2.00 bits per heavy atom. The fourth-order valence-electron chi connectivity index (χ4n) is 1.74. The first-order valence-corrected chi connectivity index (χ1v) is 8.02. The molecule has 2 rings (SSSR count). The number of nitrogens with zero attached hydrogens (tertiary/aromatic N) is 1. The number of thiophene rings is 1. The molecule has 1 aromatic heterocycles. The van der Waals surface area contributed by atoms with Crippen LogP contribution in [-0.4, -0.2) is 19.8 Å². The third-order valence-corrected chi connectivity index (χ3v) is 6.01. The van der Waals surface area contributed by atoms with Crippen LogP contribution in [0.2, 0.25) is 0 Å². The standard InChI is InChI=1S/C13H16N2O2S2/c1-10-6-7-13(18-10)19(16,17)15(2)9-11-4-3-5-12(14)8-11/h3-8H,9,14H2,1-2H3. The van der Waals surface area contributed by atoms with Gasteiger partial charge in [0.2, 0.25) is 0 Å². The summed E-state index contributed by atoms with van der Waals surface area (Å²) in [6, 6.07) is 10.7. The Labute approximate surface area is 117 Å². The summed E-state index contributed by atoms with van der Waals surface area (Å²) < 4.78 is 26.4. The summed E-state index contributed by atoms with van der Waals surface area (Å²) in [7, 11) is -1.84. The Bertz CT molecular complexity index is 677. The number of nitrogen functional groups attached to an aromatic ring is 1. The fraction of sp³-hybridized carbons (Fsp3) is 0.231. The van der Waals surface area contributed by atoms with Gasteiger partial charge in [0.05, 0.1) is 0 Å². The second kappa shape index (κ2) is 5.32. The largest absolute Gasteiger partial charge is 0.399 e. The maximum atomic E-state index is 12.3. The summed E-state index contributed by atoms with van der Waals surface area (Å²) in [6.07, 6.45) is 0. The molecular weight excluding hydrogens is 280 g/mol. The van der Waals surface area contributed by atoms with Crippen LogP contribution in [0, 0.1) is 6.92 Å². The van der Waals surface area contributed by atoms with Gasteiger partial charge in [-0.15, -0.1) is 11.3 Å². The summed E-state index contributed by atoms with van der Waals surface area (Å²) in [6.45, 7) is 2.20. The van der Waals surface area contributed by atoms with Gasteiger partial charge in [-0.3, -0.25) is 0 Å². The monoisotopic (exact) mass is 296 g/mol. The molecule has 0 aliphatic heterocycles. The molecule has 4 nitrogen and oxygen atoms in total. The molecular formula is C13H16N2O2S2. The topological polar surface area (TPSA) is 63.4 Å². The van der Waals surface area contributed by atoms with E-state index in [1.807, 2.05) is 25.1 Å². The highest BCUT2D eigenvalue weighted by Gasteiger charge is 2.22. The van der Waals surface area contributed by atoms with E-state index < -0.39 is 10.0 Å². The molecule has 0 radical (unpaired) electrons. The molecule has 102 valence electrons. The van der Waals surface area contributed by atoms with Crippen LogP contribution in [0.5, 0.6) is 0 Å². The van der Waals surface area contributed by atoms with Gasteiger partial charge in [-0.1, -0.05) is 12.1 Å². The average molecular weight is 296 g/mol. The Balaban J connectivity index is 2.22. The lowest BCUT2D eigenvalue weighted by Gasteiger charge is -2.16. The van der Waals surface area contributed by atoms with Crippen molar-refractivity contribution >= 4 is 27.0 Å². The van der Waals surface area contributed by atoms with Crippen molar-refractivity contribution in [3.8, 4) is 0 Å². The molecule has 19 heavy (non-hydrogen) atoms. The summed E-state index contributed by atoms with van der Waals surface area (Å²) in [4.78, 5) is 0.982. The fourth-order valence-corrected chi connectivity index (χ4v) is 4.39. The molecule has 0 bridgehead atoms. The molecule has 6 heteroatoms. The minimum absolute atomic E-state index is 0.310. The van der Waals surface area contributed by atoms with Crippen LogP contribution in [-0.2, 0) is 16.6 Å². The van der Waals surface area contributed by atoms with E-state index in [0.29, 0.717) is 16.4 Å². The highest BCUT2D eigenvalue weighted by molar-refractivity contribution is 7.91. The normalized spacial score (nSPS) is 11.9. The lowest BCUT2D eigenvalue weighted by Crippen LogP contribution is -2.25. The Morgan fingerprint density at radius 1 is 1.26 bits per heavy atom. The van der Waals surface area contributed by atoms with E-state index in [1.54, 1.807) is 25.2 Å². The highest BCUT2D eigenvalue weighted by atomic mass is 32.2. The molecule has 2 aromatic rings. The molecule has 0 spiro atoms. The van der Waals surface area contributed by atoms with E-state index in [1.165, 1.54) is 15.6 Å². The van der Waals surface area contributed by atoms with Gasteiger partial charge in [-0.05, 0) is 36.8 Å². The first kappa shape index (κ1) is 14.0. The van der Waals surface area contributed by atoms with E-state index >= 15 is 0 Å². The second-order valence-corrected chi connectivity index (χ2v) is 7.93. The molecule has 0 fully saturated rings. The van der Waals surface area contributed by atoms with Crippen molar-refractivity contribution in [2.24, 2.45) is 0 Å². The lowest BCUT2D eigenvalue weighted by atomic mass is 10.2. The van der Waals surface area contributed by atoms with Crippen molar-refractivity contribution in [1.82, 2.24) is 4.31 Å². The molecule has 2 N–H and O–H groups in total. The van der Waals surface area contributed by atoms with E-state index in [4.69, 9.17) is 5.73 Å². The van der Waals surface area contributed by atoms with Crippen molar-refractivity contribution in [3.05, 3.63) is 46.8 Å². The Kier molecular flexibility index (Phi) is 3.93. The van der Waals surface area contributed by atoms with Crippen LogP contribution in [0.1, 0.15) is 10.4 Å². The minimum Gasteiger partial charge on any atom is -0.399 e. The third kappa shape index (κ3) is 3.15. The number of anilines is 1. The van der Waals surface area contributed by atoms with E-state index in [0.717, 1.165) is 10.4 Å². The zero-order valence-corrected chi connectivity index (χ0v) is 12.5. The number of hydrogen-bond acceptors (Lipinski definition) is 4. The third-order valence-electron chi connectivity index (χ3n) is 2.74. The molecule has 0 saturated heterocycles. The molecule has 0 aliphatic carbocycles. The summed E-state index contributed by atoms with van der Waals surface area (Å²) in [5.41, 5.74) is 7.20. The van der Waals surface area contributed by atoms with E-state index in [-0.39, 0.29) is 0 Å². The Morgan fingerprint density at radius 3 is 2.58 bits per heavy atom. The summed E-state index contributed by atoms with van der Waals surface area (Å²) in [5.74, 6) is 0. The van der Waals surface area contributed by atoms with Crippen molar-refractivity contribution < 1.29 is 8.42 Å². The zero-order chi connectivity index (χ0) is 14.0. The van der Waals surface area contributed by atoms with Gasteiger partial charge in [-0.2, -0.15) is 4.31 Å². The molecule has 0 aliphatic rings. The first-order valence-electron chi connectivity index (χ1n) is 5.77. The number of nitrogens with two attached hydrogens (primary N) is 1. The number of sulfonamides is 1. The molecule has 0 amide bonds. The quantitative estimate of drug-likeness (QED) is 0.882. The molecule has 0 unspecified atom stereocenters. The summed E-state index contributed by atoms with van der Waals surface area (Å²) >= 11 is 1.28.